The molecule has 1 aliphatic heterocycles. The van der Waals surface area contributed by atoms with Crippen molar-refractivity contribution in [2.24, 2.45) is 0 Å². The van der Waals surface area contributed by atoms with Crippen LogP contribution in [-0.4, -0.2) is 54.8 Å². The Morgan fingerprint density at radius 2 is 1.65 bits per heavy atom. The summed E-state index contributed by atoms with van der Waals surface area (Å²) in [5.41, 5.74) is -0.266. The summed E-state index contributed by atoms with van der Waals surface area (Å²) in [6, 6.07) is 7.50. The van der Waals surface area contributed by atoms with E-state index in [-0.39, 0.29) is 10.5 Å². The molecule has 7 heteroatoms. The molecule has 1 aromatic heterocycles. The van der Waals surface area contributed by atoms with E-state index in [1.807, 2.05) is 0 Å². The molecular formula is C16H19N3O3S. The van der Waals surface area contributed by atoms with Gasteiger partial charge in [-0.2, -0.15) is 4.31 Å². The van der Waals surface area contributed by atoms with E-state index in [0.717, 1.165) is 13.1 Å². The van der Waals surface area contributed by atoms with Crippen LogP contribution in [0.1, 0.15) is 12.8 Å². The monoisotopic (exact) mass is 333 g/mol. The van der Waals surface area contributed by atoms with Crippen molar-refractivity contribution in [3.8, 4) is 0 Å². The number of hydrogen-bond acceptors (Lipinski definition) is 4. The molecule has 2 aromatic rings. The van der Waals surface area contributed by atoms with Crippen LogP contribution in [0.5, 0.6) is 0 Å². The maximum absolute atomic E-state index is 13.0. The first-order chi connectivity index (χ1) is 11.1. The number of aromatic nitrogens is 1. The second-order valence-electron chi connectivity index (χ2n) is 6.20. The predicted molar refractivity (Wildman–Crippen MR) is 87.9 cm³/mol. The van der Waals surface area contributed by atoms with Gasteiger partial charge in [-0.25, -0.2) is 8.42 Å². The maximum Gasteiger partial charge on any atom is 0.255 e. The van der Waals surface area contributed by atoms with Gasteiger partial charge in [0.2, 0.25) is 10.0 Å². The van der Waals surface area contributed by atoms with Crippen molar-refractivity contribution in [1.82, 2.24) is 14.2 Å². The van der Waals surface area contributed by atoms with Gasteiger partial charge in [-0.1, -0.05) is 18.2 Å². The highest BCUT2D eigenvalue weighted by molar-refractivity contribution is 7.89. The largest absolute Gasteiger partial charge is 0.327 e. The smallest absolute Gasteiger partial charge is 0.255 e. The zero-order valence-corrected chi connectivity index (χ0v) is 13.6. The van der Waals surface area contributed by atoms with Gasteiger partial charge in [0.25, 0.3) is 5.56 Å². The van der Waals surface area contributed by atoms with Gasteiger partial charge in [-0.15, -0.1) is 0 Å². The van der Waals surface area contributed by atoms with Gasteiger partial charge in [0.15, 0.2) is 0 Å². The lowest BCUT2D eigenvalue weighted by Gasteiger charge is -2.34. The van der Waals surface area contributed by atoms with E-state index >= 15 is 0 Å². The Balaban J connectivity index is 1.69. The second kappa shape index (κ2) is 5.43. The lowest BCUT2D eigenvalue weighted by Crippen LogP contribution is -2.49. The van der Waals surface area contributed by atoms with Gasteiger partial charge >= 0.3 is 0 Å². The minimum atomic E-state index is -3.60. The Morgan fingerprint density at radius 1 is 1.00 bits per heavy atom. The standard InChI is InChI=1S/C16H19N3O3S/c20-16-14-4-2-1-3-13(14)15(11-17-16)23(21,22)19-9-7-18(8-10-19)12-5-6-12/h1-4,11-12H,5-10H2,(H,17,20). The molecule has 0 unspecified atom stereocenters. The van der Waals surface area contributed by atoms with Gasteiger partial charge in [0, 0.05) is 49.2 Å². The normalized spacial score (nSPS) is 20.9. The number of rotatable bonds is 3. The Bertz CT molecular complexity index is 894. The first kappa shape index (κ1) is 14.9. The lowest BCUT2D eigenvalue weighted by atomic mass is 10.2. The van der Waals surface area contributed by atoms with E-state index in [4.69, 9.17) is 0 Å². The summed E-state index contributed by atoms with van der Waals surface area (Å²) in [4.78, 5) is 17.0. The minimum Gasteiger partial charge on any atom is -0.327 e. The fourth-order valence-electron chi connectivity index (χ4n) is 3.28. The molecule has 2 aliphatic rings. The van der Waals surface area contributed by atoms with Crippen LogP contribution in [0.4, 0.5) is 0 Å². The third-order valence-electron chi connectivity index (χ3n) is 4.73. The Labute approximate surface area is 134 Å². The third kappa shape index (κ3) is 2.58. The van der Waals surface area contributed by atoms with Crippen molar-refractivity contribution in [2.75, 3.05) is 26.2 Å². The molecule has 0 atom stereocenters. The van der Waals surface area contributed by atoms with E-state index in [1.165, 1.54) is 23.3 Å². The molecule has 1 aliphatic carbocycles. The van der Waals surface area contributed by atoms with Gasteiger partial charge in [0.05, 0.1) is 0 Å². The van der Waals surface area contributed by atoms with Gasteiger partial charge in [-0.3, -0.25) is 9.69 Å². The highest BCUT2D eigenvalue weighted by atomic mass is 32.2. The number of aromatic amines is 1. The molecule has 122 valence electrons. The number of nitrogens with one attached hydrogen (secondary N) is 1. The van der Waals surface area contributed by atoms with Crippen molar-refractivity contribution >= 4 is 20.8 Å². The Morgan fingerprint density at radius 3 is 2.30 bits per heavy atom. The summed E-state index contributed by atoms with van der Waals surface area (Å²) >= 11 is 0. The van der Waals surface area contributed by atoms with Gasteiger partial charge in [-0.05, 0) is 18.9 Å². The van der Waals surface area contributed by atoms with Crippen molar-refractivity contribution in [3.63, 3.8) is 0 Å². The molecule has 1 aromatic carbocycles. The highest BCUT2D eigenvalue weighted by Gasteiger charge is 2.35. The van der Waals surface area contributed by atoms with Crippen LogP contribution in [0.2, 0.25) is 0 Å². The number of nitrogens with zero attached hydrogens (tertiary/aromatic N) is 2. The lowest BCUT2D eigenvalue weighted by molar-refractivity contribution is 0.180. The first-order valence-electron chi connectivity index (χ1n) is 7.92. The molecule has 0 bridgehead atoms. The predicted octanol–water partition coefficient (Wildman–Crippen LogP) is 0.997. The average Bonchev–Trinajstić information content (AvgIpc) is 3.40. The van der Waals surface area contributed by atoms with Crippen LogP contribution in [0.3, 0.4) is 0 Å². The quantitative estimate of drug-likeness (QED) is 0.909. The molecule has 0 radical (unpaired) electrons. The molecule has 23 heavy (non-hydrogen) atoms. The number of benzene rings is 1. The van der Waals surface area contributed by atoms with Crippen LogP contribution in [-0.2, 0) is 10.0 Å². The van der Waals surface area contributed by atoms with Crippen LogP contribution < -0.4 is 5.56 Å². The molecule has 1 saturated heterocycles. The molecule has 1 saturated carbocycles. The van der Waals surface area contributed by atoms with Crippen LogP contribution in [0, 0.1) is 0 Å². The van der Waals surface area contributed by atoms with Crippen molar-refractivity contribution < 1.29 is 8.42 Å². The SMILES string of the molecule is O=c1[nH]cc(S(=O)(=O)N2CCN(C3CC3)CC2)c2ccccc12. The Kier molecular flexibility index (Phi) is 3.51. The molecule has 1 N–H and O–H groups in total. The molecule has 0 spiro atoms. The first-order valence-corrected chi connectivity index (χ1v) is 9.36. The van der Waals surface area contributed by atoms with Gasteiger partial charge < -0.3 is 4.98 Å². The highest BCUT2D eigenvalue weighted by Crippen LogP contribution is 2.29. The van der Waals surface area contributed by atoms with Crippen LogP contribution >= 0.6 is 0 Å². The van der Waals surface area contributed by atoms with Gasteiger partial charge in [0.1, 0.15) is 4.90 Å². The van der Waals surface area contributed by atoms with Crippen molar-refractivity contribution in [2.45, 2.75) is 23.8 Å². The summed E-state index contributed by atoms with van der Waals surface area (Å²) < 4.78 is 27.5. The summed E-state index contributed by atoms with van der Waals surface area (Å²) in [5, 5.41) is 0.895. The van der Waals surface area contributed by atoms with E-state index in [2.05, 4.69) is 9.88 Å². The summed E-state index contributed by atoms with van der Waals surface area (Å²) in [6.45, 7) is 2.58. The fraction of sp³-hybridized carbons (Fsp3) is 0.438. The Hall–Kier alpha value is -1.70. The number of hydrogen-bond donors (Lipinski definition) is 1. The third-order valence-corrected chi connectivity index (χ3v) is 6.66. The van der Waals surface area contributed by atoms with E-state index < -0.39 is 10.0 Å². The summed E-state index contributed by atoms with van der Waals surface area (Å²) in [7, 11) is -3.60. The molecule has 2 fully saturated rings. The fourth-order valence-corrected chi connectivity index (χ4v) is 4.87. The summed E-state index contributed by atoms with van der Waals surface area (Å²) in [5.74, 6) is 0. The van der Waals surface area contributed by atoms with E-state index in [9.17, 15) is 13.2 Å². The minimum absolute atomic E-state index is 0.188. The molecule has 4 rings (SSSR count). The topological polar surface area (TPSA) is 73.5 Å². The van der Waals surface area contributed by atoms with Crippen LogP contribution in [0.15, 0.2) is 40.2 Å². The summed E-state index contributed by atoms with van der Waals surface area (Å²) in [6.07, 6.45) is 3.79. The zero-order valence-electron chi connectivity index (χ0n) is 12.7. The number of sulfonamides is 1. The maximum atomic E-state index is 13.0. The number of fused-ring (bicyclic) bond motifs is 1. The molecule has 0 amide bonds. The number of H-pyrrole nitrogens is 1. The average molecular weight is 333 g/mol. The second-order valence-corrected chi connectivity index (χ2v) is 8.11. The van der Waals surface area contributed by atoms with E-state index in [0.29, 0.717) is 29.9 Å². The zero-order chi connectivity index (χ0) is 16.0. The van der Waals surface area contributed by atoms with Crippen LogP contribution in [0.25, 0.3) is 10.8 Å². The number of piperazine rings is 1. The molecular weight excluding hydrogens is 314 g/mol. The number of pyridine rings is 1. The van der Waals surface area contributed by atoms with Crippen molar-refractivity contribution in [1.29, 1.82) is 0 Å². The van der Waals surface area contributed by atoms with Crippen molar-refractivity contribution in [3.05, 3.63) is 40.8 Å². The molecule has 2 heterocycles. The molecule has 6 nitrogen and oxygen atoms in total. The van der Waals surface area contributed by atoms with E-state index in [1.54, 1.807) is 24.3 Å².